The van der Waals surface area contributed by atoms with E-state index in [0.717, 1.165) is 24.5 Å². The van der Waals surface area contributed by atoms with Crippen LogP contribution >= 0.6 is 0 Å². The Bertz CT molecular complexity index is 203. The summed E-state index contributed by atoms with van der Waals surface area (Å²) in [7, 11) is 0. The quantitative estimate of drug-likeness (QED) is 0.732. The first-order chi connectivity index (χ1) is 6.46. The van der Waals surface area contributed by atoms with Crippen LogP contribution in [0.1, 0.15) is 40.5 Å². The number of piperidine rings is 2. The number of ether oxygens (including phenoxy) is 1. The second kappa shape index (κ2) is 3.49. The Morgan fingerprint density at radius 2 is 1.93 bits per heavy atom. The zero-order chi connectivity index (χ0) is 10.3. The third-order valence-electron chi connectivity index (χ3n) is 3.70. The number of hydrogen-bond donors (Lipinski definition) is 1. The van der Waals surface area contributed by atoms with Gasteiger partial charge in [0.05, 0.1) is 12.2 Å². The van der Waals surface area contributed by atoms with E-state index in [1.165, 1.54) is 12.8 Å². The molecule has 0 aromatic heterocycles. The molecule has 1 saturated carbocycles. The highest BCUT2D eigenvalue weighted by atomic mass is 16.5. The molecule has 0 spiro atoms. The Kier molecular flexibility index (Phi) is 2.61. The maximum absolute atomic E-state index is 5.85. The van der Waals surface area contributed by atoms with Crippen molar-refractivity contribution in [3.63, 3.8) is 0 Å². The molecule has 1 N–H and O–H groups in total. The van der Waals surface area contributed by atoms with E-state index in [1.807, 2.05) is 0 Å². The number of rotatable bonds is 2. The summed E-state index contributed by atoms with van der Waals surface area (Å²) in [6, 6.07) is 1.39. The molecule has 2 nitrogen and oxygen atoms in total. The molecule has 2 heteroatoms. The molecule has 2 saturated heterocycles. The Morgan fingerprint density at radius 1 is 1.29 bits per heavy atom. The predicted molar refractivity (Wildman–Crippen MR) is 58.3 cm³/mol. The van der Waals surface area contributed by atoms with Gasteiger partial charge in [-0.05, 0) is 45.4 Å². The van der Waals surface area contributed by atoms with Gasteiger partial charge in [0, 0.05) is 12.1 Å². The fourth-order valence-electron chi connectivity index (χ4n) is 2.55. The summed E-state index contributed by atoms with van der Waals surface area (Å²) < 4.78 is 5.85. The van der Waals surface area contributed by atoms with Crippen LogP contribution in [0.5, 0.6) is 0 Å². The largest absolute Gasteiger partial charge is 0.374 e. The molecule has 2 heterocycles. The third kappa shape index (κ3) is 2.12. The highest BCUT2D eigenvalue weighted by molar-refractivity contribution is 4.99. The molecular weight excluding hydrogens is 174 g/mol. The molecule has 1 aliphatic carbocycles. The molecule has 3 fully saturated rings. The van der Waals surface area contributed by atoms with Crippen molar-refractivity contribution in [1.29, 1.82) is 0 Å². The van der Waals surface area contributed by atoms with Crippen LogP contribution in [0.25, 0.3) is 0 Å². The molecule has 0 amide bonds. The van der Waals surface area contributed by atoms with E-state index >= 15 is 0 Å². The minimum Gasteiger partial charge on any atom is -0.374 e. The van der Waals surface area contributed by atoms with Crippen molar-refractivity contribution in [3.8, 4) is 0 Å². The highest BCUT2D eigenvalue weighted by Gasteiger charge is 2.43. The molecule has 2 bridgehead atoms. The van der Waals surface area contributed by atoms with Gasteiger partial charge in [-0.15, -0.1) is 0 Å². The molecule has 0 radical (unpaired) electrons. The lowest BCUT2D eigenvalue weighted by molar-refractivity contribution is -0.0529. The second-order valence-corrected chi connectivity index (χ2v) is 5.98. The standard InChI is InChI=1S/C12H23NO/c1-8-9-5-10(6-9)13-11(8)7-14-12(2,3)4/h8-11,13H,5-7H2,1-4H3. The first-order valence-electron chi connectivity index (χ1n) is 5.86. The maximum atomic E-state index is 5.85. The fraction of sp³-hybridized carbons (Fsp3) is 1.00. The summed E-state index contributed by atoms with van der Waals surface area (Å²) in [5.41, 5.74) is 0.00301. The summed E-state index contributed by atoms with van der Waals surface area (Å²) in [6.07, 6.45) is 2.79. The monoisotopic (exact) mass is 197 g/mol. The second-order valence-electron chi connectivity index (χ2n) is 5.98. The zero-order valence-electron chi connectivity index (χ0n) is 9.84. The molecule has 2 unspecified atom stereocenters. The van der Waals surface area contributed by atoms with Gasteiger partial charge in [0.2, 0.25) is 0 Å². The van der Waals surface area contributed by atoms with Crippen LogP contribution in [-0.2, 0) is 4.74 Å². The third-order valence-corrected chi connectivity index (χ3v) is 3.70. The van der Waals surface area contributed by atoms with Crippen LogP contribution in [0.2, 0.25) is 0 Å². The summed E-state index contributed by atoms with van der Waals surface area (Å²) in [5, 5.41) is 3.68. The van der Waals surface area contributed by atoms with E-state index in [-0.39, 0.29) is 5.60 Å². The first-order valence-corrected chi connectivity index (χ1v) is 5.86. The van der Waals surface area contributed by atoms with Crippen LogP contribution in [0.15, 0.2) is 0 Å². The van der Waals surface area contributed by atoms with Gasteiger partial charge >= 0.3 is 0 Å². The Labute approximate surface area is 87.4 Å². The van der Waals surface area contributed by atoms with E-state index in [4.69, 9.17) is 4.74 Å². The van der Waals surface area contributed by atoms with Crippen molar-refractivity contribution in [3.05, 3.63) is 0 Å². The van der Waals surface area contributed by atoms with Crippen molar-refractivity contribution >= 4 is 0 Å². The zero-order valence-corrected chi connectivity index (χ0v) is 9.84. The lowest BCUT2D eigenvalue weighted by Gasteiger charge is -2.51. The molecule has 3 aliphatic rings. The first kappa shape index (κ1) is 10.4. The maximum Gasteiger partial charge on any atom is 0.0629 e. The van der Waals surface area contributed by atoms with Gasteiger partial charge in [0.25, 0.3) is 0 Å². The molecule has 14 heavy (non-hydrogen) atoms. The SMILES string of the molecule is CC1C2CC(C2)NC1COC(C)(C)C. The average molecular weight is 197 g/mol. The predicted octanol–water partition coefficient (Wildman–Crippen LogP) is 2.19. The normalized spacial score (nSPS) is 42.0. The van der Waals surface area contributed by atoms with E-state index in [1.54, 1.807) is 0 Å². The van der Waals surface area contributed by atoms with Crippen molar-refractivity contribution < 1.29 is 4.74 Å². The van der Waals surface area contributed by atoms with Crippen LogP contribution in [-0.4, -0.2) is 24.3 Å². The van der Waals surface area contributed by atoms with Crippen molar-refractivity contribution in [2.24, 2.45) is 11.8 Å². The molecule has 0 aromatic rings. The summed E-state index contributed by atoms with van der Waals surface area (Å²) >= 11 is 0. The average Bonchev–Trinajstić information content (AvgIpc) is 1.98. The van der Waals surface area contributed by atoms with Gasteiger partial charge in [-0.1, -0.05) is 6.92 Å². The van der Waals surface area contributed by atoms with Gasteiger partial charge in [0.15, 0.2) is 0 Å². The Hall–Kier alpha value is -0.0800. The van der Waals surface area contributed by atoms with Crippen molar-refractivity contribution in [2.45, 2.75) is 58.2 Å². The van der Waals surface area contributed by atoms with E-state index in [9.17, 15) is 0 Å². The van der Waals surface area contributed by atoms with Crippen LogP contribution in [0, 0.1) is 11.8 Å². The number of fused-ring (bicyclic) bond motifs is 2. The minimum atomic E-state index is 0.00301. The van der Waals surface area contributed by atoms with Crippen molar-refractivity contribution in [2.75, 3.05) is 6.61 Å². The lowest BCUT2D eigenvalue weighted by atomic mass is 9.66. The van der Waals surface area contributed by atoms with Gasteiger partial charge in [0.1, 0.15) is 0 Å². The van der Waals surface area contributed by atoms with Gasteiger partial charge in [-0.3, -0.25) is 0 Å². The van der Waals surface area contributed by atoms with Gasteiger partial charge in [-0.2, -0.15) is 0 Å². The van der Waals surface area contributed by atoms with Crippen LogP contribution < -0.4 is 5.32 Å². The highest BCUT2D eigenvalue weighted by Crippen LogP contribution is 2.40. The van der Waals surface area contributed by atoms with Crippen LogP contribution in [0.3, 0.4) is 0 Å². The van der Waals surface area contributed by atoms with E-state index in [0.29, 0.717) is 6.04 Å². The smallest absolute Gasteiger partial charge is 0.0629 e. The topological polar surface area (TPSA) is 21.3 Å². The van der Waals surface area contributed by atoms with E-state index in [2.05, 4.69) is 33.0 Å². The lowest BCUT2D eigenvalue weighted by Crippen LogP contribution is -2.60. The summed E-state index contributed by atoms with van der Waals surface area (Å²) in [5.74, 6) is 1.76. The van der Waals surface area contributed by atoms with Gasteiger partial charge < -0.3 is 10.1 Å². The molecule has 2 atom stereocenters. The fourth-order valence-corrected chi connectivity index (χ4v) is 2.55. The minimum absolute atomic E-state index is 0.00301. The molecule has 0 aromatic carbocycles. The molecule has 82 valence electrons. The number of nitrogens with one attached hydrogen (secondary N) is 1. The summed E-state index contributed by atoms with van der Waals surface area (Å²) in [6.45, 7) is 9.62. The van der Waals surface area contributed by atoms with E-state index < -0.39 is 0 Å². The molecule has 3 rings (SSSR count). The summed E-state index contributed by atoms with van der Waals surface area (Å²) in [4.78, 5) is 0. The number of hydrogen-bond acceptors (Lipinski definition) is 2. The Morgan fingerprint density at radius 3 is 2.43 bits per heavy atom. The van der Waals surface area contributed by atoms with Crippen molar-refractivity contribution in [1.82, 2.24) is 5.32 Å². The Balaban J connectivity index is 1.81. The molecule has 2 aliphatic heterocycles. The van der Waals surface area contributed by atoms with Crippen LogP contribution in [0.4, 0.5) is 0 Å². The van der Waals surface area contributed by atoms with Gasteiger partial charge in [-0.25, -0.2) is 0 Å². The molecular formula is C12H23NO.